The zero-order valence-electron chi connectivity index (χ0n) is 8.63. The van der Waals surface area contributed by atoms with Crippen molar-refractivity contribution in [3.63, 3.8) is 0 Å². The highest BCUT2D eigenvalue weighted by molar-refractivity contribution is 7.99. The van der Waals surface area contributed by atoms with Crippen LogP contribution >= 0.6 is 23.4 Å². The van der Waals surface area contributed by atoms with Crippen LogP contribution in [-0.4, -0.2) is 16.1 Å². The van der Waals surface area contributed by atoms with Crippen LogP contribution in [0.1, 0.15) is 10.4 Å². The van der Waals surface area contributed by atoms with Gasteiger partial charge in [0.25, 0.3) is 0 Å². The normalized spacial score (nSPS) is 10.2. The van der Waals surface area contributed by atoms with Crippen molar-refractivity contribution >= 4 is 29.3 Å². The molecule has 1 aromatic heterocycles. The highest BCUT2D eigenvalue weighted by atomic mass is 35.5. The Hall–Kier alpha value is -1.52. The fraction of sp³-hybridized carbons (Fsp3) is 0. The van der Waals surface area contributed by atoms with E-state index >= 15 is 0 Å². The molecule has 1 heterocycles. The maximum atomic E-state index is 10.8. The zero-order chi connectivity index (χ0) is 12.3. The minimum Gasteiger partial charge on any atom is -0.478 e. The summed E-state index contributed by atoms with van der Waals surface area (Å²) in [5.41, 5.74) is 0.226. The zero-order valence-corrected chi connectivity index (χ0v) is 10.2. The third-order valence-corrected chi connectivity index (χ3v) is 3.16. The van der Waals surface area contributed by atoms with Gasteiger partial charge in [-0.2, -0.15) is 0 Å². The fourth-order valence-electron chi connectivity index (χ4n) is 1.25. The molecule has 5 heteroatoms. The van der Waals surface area contributed by atoms with Crippen LogP contribution in [-0.2, 0) is 0 Å². The van der Waals surface area contributed by atoms with Crippen molar-refractivity contribution in [2.24, 2.45) is 0 Å². The number of benzene rings is 1. The second-order valence-electron chi connectivity index (χ2n) is 3.25. The molecule has 0 saturated heterocycles. The lowest BCUT2D eigenvalue weighted by molar-refractivity contribution is 0.0696. The summed E-state index contributed by atoms with van der Waals surface area (Å²) < 4.78 is 0. The van der Waals surface area contributed by atoms with E-state index in [1.54, 1.807) is 12.1 Å². The van der Waals surface area contributed by atoms with Gasteiger partial charge in [-0.25, -0.2) is 9.78 Å². The van der Waals surface area contributed by atoms with Crippen molar-refractivity contribution in [3.8, 4) is 0 Å². The average Bonchev–Trinajstić information content (AvgIpc) is 2.29. The summed E-state index contributed by atoms with van der Waals surface area (Å²) in [6.45, 7) is 0. The van der Waals surface area contributed by atoms with E-state index in [4.69, 9.17) is 16.7 Å². The first-order chi connectivity index (χ1) is 8.15. The van der Waals surface area contributed by atoms with Crippen molar-refractivity contribution in [1.82, 2.24) is 4.98 Å². The van der Waals surface area contributed by atoms with Crippen LogP contribution in [0.4, 0.5) is 0 Å². The van der Waals surface area contributed by atoms with Gasteiger partial charge >= 0.3 is 5.97 Å². The molecule has 0 bridgehead atoms. The molecule has 86 valence electrons. The van der Waals surface area contributed by atoms with E-state index in [0.29, 0.717) is 10.0 Å². The summed E-state index contributed by atoms with van der Waals surface area (Å²) in [5.74, 6) is -0.958. The first-order valence-electron chi connectivity index (χ1n) is 4.78. The fourth-order valence-corrected chi connectivity index (χ4v) is 2.38. The molecule has 0 aliphatic rings. The lowest BCUT2D eigenvalue weighted by Crippen LogP contribution is -1.96. The van der Waals surface area contributed by atoms with Gasteiger partial charge in [-0.3, -0.25) is 0 Å². The summed E-state index contributed by atoms with van der Waals surface area (Å²) in [4.78, 5) is 15.8. The number of pyridine rings is 1. The lowest BCUT2D eigenvalue weighted by atomic mass is 10.3. The quantitative estimate of drug-likeness (QED) is 0.921. The SMILES string of the molecule is O=C(O)c1ccnc(Sc2cccc(Cl)c2)c1. The van der Waals surface area contributed by atoms with E-state index < -0.39 is 5.97 Å². The number of aromatic nitrogens is 1. The van der Waals surface area contributed by atoms with E-state index in [1.165, 1.54) is 30.1 Å². The number of hydrogen-bond acceptors (Lipinski definition) is 3. The van der Waals surface area contributed by atoms with Crippen LogP contribution in [0.15, 0.2) is 52.5 Å². The Balaban J connectivity index is 2.24. The third kappa shape index (κ3) is 3.22. The van der Waals surface area contributed by atoms with E-state index in [9.17, 15) is 4.79 Å². The molecule has 17 heavy (non-hydrogen) atoms. The minimum atomic E-state index is -0.958. The number of halogens is 1. The molecule has 0 spiro atoms. The molecule has 0 amide bonds. The van der Waals surface area contributed by atoms with Gasteiger partial charge in [0.15, 0.2) is 0 Å². The van der Waals surface area contributed by atoms with Crippen molar-refractivity contribution in [2.45, 2.75) is 9.92 Å². The Labute approximate surface area is 107 Å². The van der Waals surface area contributed by atoms with Crippen LogP contribution in [0, 0.1) is 0 Å². The van der Waals surface area contributed by atoms with E-state index in [2.05, 4.69) is 4.98 Å². The molecule has 0 unspecified atom stereocenters. The van der Waals surface area contributed by atoms with E-state index in [1.807, 2.05) is 12.1 Å². The van der Waals surface area contributed by atoms with Crippen LogP contribution < -0.4 is 0 Å². The smallest absolute Gasteiger partial charge is 0.335 e. The van der Waals surface area contributed by atoms with E-state index in [0.717, 1.165) is 4.90 Å². The van der Waals surface area contributed by atoms with Gasteiger partial charge in [0.05, 0.1) is 5.56 Å². The molecule has 0 aliphatic carbocycles. The topological polar surface area (TPSA) is 50.2 Å². The summed E-state index contributed by atoms with van der Waals surface area (Å²) in [5, 5.41) is 10.1. The van der Waals surface area contributed by atoms with Crippen LogP contribution in [0.2, 0.25) is 5.02 Å². The Morgan fingerprint density at radius 3 is 2.82 bits per heavy atom. The number of carboxylic acid groups (broad SMARTS) is 1. The number of hydrogen-bond donors (Lipinski definition) is 1. The Morgan fingerprint density at radius 1 is 1.29 bits per heavy atom. The van der Waals surface area contributed by atoms with Crippen molar-refractivity contribution in [2.75, 3.05) is 0 Å². The second kappa shape index (κ2) is 5.21. The minimum absolute atomic E-state index is 0.226. The molecule has 1 aromatic carbocycles. The number of carboxylic acids is 1. The van der Waals surface area contributed by atoms with E-state index in [-0.39, 0.29) is 5.56 Å². The maximum absolute atomic E-state index is 10.8. The number of rotatable bonds is 3. The largest absolute Gasteiger partial charge is 0.478 e. The molecule has 0 atom stereocenters. The summed E-state index contributed by atoms with van der Waals surface area (Å²) in [6, 6.07) is 10.3. The van der Waals surface area contributed by atoms with Gasteiger partial charge in [0.2, 0.25) is 0 Å². The molecular formula is C12H8ClNO2S. The van der Waals surface area contributed by atoms with Crippen molar-refractivity contribution in [1.29, 1.82) is 0 Å². The number of nitrogens with zero attached hydrogens (tertiary/aromatic N) is 1. The molecule has 2 rings (SSSR count). The molecule has 3 nitrogen and oxygen atoms in total. The predicted molar refractivity (Wildman–Crippen MR) is 66.8 cm³/mol. The first-order valence-corrected chi connectivity index (χ1v) is 5.97. The van der Waals surface area contributed by atoms with Gasteiger partial charge in [-0.15, -0.1) is 0 Å². The van der Waals surface area contributed by atoms with Crippen molar-refractivity contribution < 1.29 is 9.90 Å². The molecule has 0 saturated carbocycles. The van der Waals surface area contributed by atoms with Gasteiger partial charge in [0, 0.05) is 16.1 Å². The highest BCUT2D eigenvalue weighted by Gasteiger charge is 2.05. The lowest BCUT2D eigenvalue weighted by Gasteiger charge is -2.02. The standard InChI is InChI=1S/C12H8ClNO2S/c13-9-2-1-3-10(7-9)17-11-6-8(12(15)16)4-5-14-11/h1-7H,(H,15,16). The first kappa shape index (κ1) is 12.0. The van der Waals surface area contributed by atoms with Gasteiger partial charge < -0.3 is 5.11 Å². The highest BCUT2D eigenvalue weighted by Crippen LogP contribution is 2.28. The summed E-state index contributed by atoms with van der Waals surface area (Å²) >= 11 is 7.24. The van der Waals surface area contributed by atoms with Gasteiger partial charge in [0.1, 0.15) is 5.03 Å². The summed E-state index contributed by atoms with van der Waals surface area (Å²) in [6.07, 6.45) is 1.48. The van der Waals surface area contributed by atoms with Crippen LogP contribution in [0.25, 0.3) is 0 Å². The maximum Gasteiger partial charge on any atom is 0.335 e. The Bertz CT molecular complexity index is 560. The van der Waals surface area contributed by atoms with Gasteiger partial charge in [-0.05, 0) is 30.3 Å². The third-order valence-electron chi connectivity index (χ3n) is 2.00. The van der Waals surface area contributed by atoms with Crippen LogP contribution in [0.5, 0.6) is 0 Å². The predicted octanol–water partition coefficient (Wildman–Crippen LogP) is 3.58. The second-order valence-corrected chi connectivity index (χ2v) is 4.78. The molecule has 1 N–H and O–H groups in total. The monoisotopic (exact) mass is 265 g/mol. The molecule has 0 aliphatic heterocycles. The van der Waals surface area contributed by atoms with Crippen molar-refractivity contribution in [3.05, 3.63) is 53.2 Å². The molecule has 2 aromatic rings. The Morgan fingerprint density at radius 2 is 2.12 bits per heavy atom. The molecular weight excluding hydrogens is 258 g/mol. The Kier molecular flexibility index (Phi) is 3.66. The summed E-state index contributed by atoms with van der Waals surface area (Å²) in [7, 11) is 0. The van der Waals surface area contributed by atoms with Gasteiger partial charge in [-0.1, -0.05) is 29.4 Å². The number of aromatic carboxylic acids is 1. The average molecular weight is 266 g/mol. The van der Waals surface area contributed by atoms with Crippen LogP contribution in [0.3, 0.4) is 0 Å². The molecule has 0 fully saturated rings. The number of carbonyl (C=O) groups is 1. The molecule has 0 radical (unpaired) electrons.